The number of carbonyl (C=O) groups excluding carboxylic acids is 1. The Labute approximate surface area is 109 Å². The molecule has 1 aromatic carbocycles. The first-order valence-electron chi connectivity index (χ1n) is 5.51. The lowest BCUT2D eigenvalue weighted by molar-refractivity contribution is -0.137. The maximum Gasteiger partial charge on any atom is 0.336 e. The van der Waals surface area contributed by atoms with Crippen LogP contribution in [0.25, 0.3) is 5.57 Å². The van der Waals surface area contributed by atoms with Crippen LogP contribution in [0.1, 0.15) is 12.5 Å². The van der Waals surface area contributed by atoms with E-state index in [1.54, 1.807) is 23.5 Å². The van der Waals surface area contributed by atoms with Crippen LogP contribution in [0.2, 0.25) is 0 Å². The van der Waals surface area contributed by atoms with Gasteiger partial charge in [0.15, 0.2) is 0 Å². The van der Waals surface area contributed by atoms with E-state index >= 15 is 0 Å². The normalized spacial score (nSPS) is 22.3. The molecule has 0 radical (unpaired) electrons. The maximum atomic E-state index is 11.8. The van der Waals surface area contributed by atoms with Crippen molar-refractivity contribution < 1.29 is 9.53 Å². The molecule has 2 heterocycles. The summed E-state index contributed by atoms with van der Waals surface area (Å²) >= 11 is 3.45. The van der Waals surface area contributed by atoms with Gasteiger partial charge in [-0.2, -0.15) is 0 Å². The smallest absolute Gasteiger partial charge is 0.336 e. The van der Waals surface area contributed by atoms with Crippen molar-refractivity contribution in [2.45, 2.75) is 11.2 Å². The summed E-state index contributed by atoms with van der Waals surface area (Å²) in [5.41, 5.74) is 2.89. The highest BCUT2D eigenvalue weighted by molar-refractivity contribution is 8.21. The molecular weight excluding hydrogens is 252 g/mol. The number of hydrogen-bond acceptors (Lipinski definition) is 4. The van der Waals surface area contributed by atoms with E-state index in [1.807, 2.05) is 37.3 Å². The van der Waals surface area contributed by atoms with Crippen molar-refractivity contribution in [2.24, 2.45) is 0 Å². The summed E-state index contributed by atoms with van der Waals surface area (Å²) in [7, 11) is 0. The molecule has 4 heteroatoms. The van der Waals surface area contributed by atoms with Crippen LogP contribution in [0.3, 0.4) is 0 Å². The van der Waals surface area contributed by atoms with Gasteiger partial charge in [-0.3, -0.25) is 0 Å². The number of carbonyl (C=O) groups is 1. The van der Waals surface area contributed by atoms with Gasteiger partial charge in [0, 0.05) is 22.7 Å². The molecule has 2 aliphatic heterocycles. The second-order valence-corrected chi connectivity index (χ2v) is 6.81. The molecular formula is C13H12O2S2. The standard InChI is InChI=1S/C13H12O2S2/c1-9-11(10-5-3-2-4-6-10)13(15-12(9)14)16-7-8-17-13/h2-6H,7-8H2,1H3. The highest BCUT2D eigenvalue weighted by Crippen LogP contribution is 2.57. The van der Waals surface area contributed by atoms with Gasteiger partial charge >= 0.3 is 5.97 Å². The zero-order valence-electron chi connectivity index (χ0n) is 9.43. The lowest BCUT2D eigenvalue weighted by Crippen LogP contribution is -2.19. The van der Waals surface area contributed by atoms with Crippen LogP contribution in [0.5, 0.6) is 0 Å². The number of benzene rings is 1. The summed E-state index contributed by atoms with van der Waals surface area (Å²) in [5, 5.41) is 0. The van der Waals surface area contributed by atoms with Crippen LogP contribution in [0, 0.1) is 0 Å². The highest BCUT2D eigenvalue weighted by Gasteiger charge is 2.50. The van der Waals surface area contributed by atoms with Crippen LogP contribution in [0.15, 0.2) is 35.9 Å². The minimum absolute atomic E-state index is 0.175. The van der Waals surface area contributed by atoms with E-state index in [9.17, 15) is 4.79 Å². The Morgan fingerprint density at radius 1 is 1.18 bits per heavy atom. The molecule has 1 spiro atoms. The molecule has 0 N–H and O–H groups in total. The summed E-state index contributed by atoms with van der Waals surface area (Å²) in [4.78, 5) is 11.8. The minimum atomic E-state index is -0.484. The van der Waals surface area contributed by atoms with Crippen LogP contribution in [-0.4, -0.2) is 21.7 Å². The third-order valence-corrected chi connectivity index (χ3v) is 6.06. The molecule has 1 fully saturated rings. The molecule has 0 amide bonds. The summed E-state index contributed by atoms with van der Waals surface area (Å²) in [6.45, 7) is 1.86. The second kappa shape index (κ2) is 4.10. The molecule has 0 aromatic heterocycles. The lowest BCUT2D eigenvalue weighted by atomic mass is 10.0. The highest BCUT2D eigenvalue weighted by atomic mass is 32.2. The van der Waals surface area contributed by atoms with Gasteiger partial charge in [-0.25, -0.2) is 4.79 Å². The van der Waals surface area contributed by atoms with Gasteiger partial charge in [-0.1, -0.05) is 53.9 Å². The fourth-order valence-corrected chi connectivity index (χ4v) is 5.31. The first kappa shape index (κ1) is 11.2. The molecule has 3 rings (SSSR count). The second-order valence-electron chi connectivity index (χ2n) is 4.01. The topological polar surface area (TPSA) is 26.3 Å². The fraction of sp³-hybridized carbons (Fsp3) is 0.308. The summed E-state index contributed by atoms with van der Waals surface area (Å²) in [6, 6.07) is 10.1. The molecule has 2 nitrogen and oxygen atoms in total. The quantitative estimate of drug-likeness (QED) is 0.728. The van der Waals surface area contributed by atoms with Crippen LogP contribution in [0.4, 0.5) is 0 Å². The maximum absolute atomic E-state index is 11.8. The van der Waals surface area contributed by atoms with Crippen molar-refractivity contribution in [1.82, 2.24) is 0 Å². The Morgan fingerprint density at radius 3 is 2.47 bits per heavy atom. The largest absolute Gasteiger partial charge is 0.430 e. The van der Waals surface area contributed by atoms with Crippen molar-refractivity contribution in [3.8, 4) is 0 Å². The zero-order chi connectivity index (χ0) is 11.9. The predicted octanol–water partition coefficient (Wildman–Crippen LogP) is 3.15. The monoisotopic (exact) mass is 264 g/mol. The third-order valence-electron chi connectivity index (χ3n) is 2.94. The summed E-state index contributed by atoms with van der Waals surface area (Å²) in [5.74, 6) is 1.88. The van der Waals surface area contributed by atoms with E-state index in [-0.39, 0.29) is 5.97 Å². The molecule has 0 bridgehead atoms. The molecule has 0 unspecified atom stereocenters. The zero-order valence-corrected chi connectivity index (χ0v) is 11.1. The number of thioether (sulfide) groups is 2. The molecule has 1 aromatic rings. The van der Waals surface area contributed by atoms with E-state index in [1.165, 1.54) is 0 Å². The van der Waals surface area contributed by atoms with E-state index in [4.69, 9.17) is 4.74 Å². The van der Waals surface area contributed by atoms with Gasteiger partial charge < -0.3 is 4.74 Å². The SMILES string of the molecule is CC1=C(c2ccccc2)C2(OC1=O)SCCS2. The Bertz CT molecular complexity index is 487. The first-order chi connectivity index (χ1) is 8.23. The number of rotatable bonds is 1. The summed E-state index contributed by atoms with van der Waals surface area (Å²) < 4.78 is 5.12. The minimum Gasteiger partial charge on any atom is -0.430 e. The van der Waals surface area contributed by atoms with Gasteiger partial charge in [0.2, 0.25) is 4.27 Å². The van der Waals surface area contributed by atoms with Gasteiger partial charge in [-0.15, -0.1) is 0 Å². The third kappa shape index (κ3) is 1.70. The van der Waals surface area contributed by atoms with Crippen LogP contribution >= 0.6 is 23.5 Å². The van der Waals surface area contributed by atoms with E-state index < -0.39 is 4.27 Å². The van der Waals surface area contributed by atoms with E-state index in [0.29, 0.717) is 0 Å². The number of ether oxygens (including phenoxy) is 1. The van der Waals surface area contributed by atoms with Gasteiger partial charge in [-0.05, 0) is 12.5 Å². The van der Waals surface area contributed by atoms with E-state index in [2.05, 4.69) is 0 Å². The Balaban J connectivity index is 2.13. The number of esters is 1. The van der Waals surface area contributed by atoms with Gasteiger partial charge in [0.1, 0.15) is 0 Å². The van der Waals surface area contributed by atoms with E-state index in [0.717, 1.165) is 28.2 Å². The average molecular weight is 264 g/mol. The van der Waals surface area contributed by atoms with Crippen LogP contribution < -0.4 is 0 Å². The lowest BCUT2D eigenvalue weighted by Gasteiger charge is -2.24. The Hall–Kier alpha value is -0.870. The predicted molar refractivity (Wildman–Crippen MR) is 72.8 cm³/mol. The average Bonchev–Trinajstić information content (AvgIpc) is 2.88. The molecule has 0 aliphatic carbocycles. The van der Waals surface area contributed by atoms with Crippen LogP contribution in [-0.2, 0) is 9.53 Å². The van der Waals surface area contributed by atoms with Crippen molar-refractivity contribution >= 4 is 35.1 Å². The van der Waals surface area contributed by atoms with Crippen molar-refractivity contribution in [3.05, 3.63) is 41.5 Å². The molecule has 1 saturated heterocycles. The molecule has 0 atom stereocenters. The molecule has 17 heavy (non-hydrogen) atoms. The molecule has 88 valence electrons. The fourth-order valence-electron chi connectivity index (χ4n) is 2.18. The number of hydrogen-bond donors (Lipinski definition) is 0. The van der Waals surface area contributed by atoms with Gasteiger partial charge in [0.05, 0.1) is 0 Å². The first-order valence-corrected chi connectivity index (χ1v) is 7.48. The van der Waals surface area contributed by atoms with Crippen molar-refractivity contribution in [3.63, 3.8) is 0 Å². The summed E-state index contributed by atoms with van der Waals surface area (Å²) in [6.07, 6.45) is 0. The Kier molecular flexibility index (Phi) is 2.71. The Morgan fingerprint density at radius 2 is 1.82 bits per heavy atom. The van der Waals surface area contributed by atoms with Crippen molar-refractivity contribution in [2.75, 3.05) is 11.5 Å². The molecule has 0 saturated carbocycles. The molecule has 2 aliphatic rings. The van der Waals surface area contributed by atoms with Gasteiger partial charge in [0.25, 0.3) is 0 Å². The van der Waals surface area contributed by atoms with Crippen molar-refractivity contribution in [1.29, 1.82) is 0 Å².